The number of piperidine rings is 1. The van der Waals surface area contributed by atoms with Gasteiger partial charge in [0.15, 0.2) is 0 Å². The van der Waals surface area contributed by atoms with Gasteiger partial charge in [0.1, 0.15) is 0 Å². The van der Waals surface area contributed by atoms with E-state index in [1.165, 1.54) is 0 Å². The summed E-state index contributed by atoms with van der Waals surface area (Å²) in [5.41, 5.74) is 1.43. The Morgan fingerprint density at radius 1 is 1.25 bits per heavy atom. The molecule has 132 valence electrons. The van der Waals surface area contributed by atoms with E-state index in [1.54, 1.807) is 0 Å². The highest BCUT2D eigenvalue weighted by Crippen LogP contribution is 2.41. The maximum atomic E-state index is 12.4. The number of hydrogen-bond donors (Lipinski definition) is 1. The van der Waals surface area contributed by atoms with Crippen LogP contribution in [0, 0.1) is 5.41 Å². The Bertz CT molecular complexity index is 562. The van der Waals surface area contributed by atoms with E-state index in [-0.39, 0.29) is 17.2 Å². The number of nitrogens with zero attached hydrogens (tertiary/aromatic N) is 3. The molecule has 0 unspecified atom stereocenters. The van der Waals surface area contributed by atoms with Crippen LogP contribution < -0.4 is 0 Å². The number of rotatable bonds is 4. The summed E-state index contributed by atoms with van der Waals surface area (Å²) in [5.74, 6) is 0.541. The smallest absolute Gasteiger partial charge is 0.222 e. The van der Waals surface area contributed by atoms with Crippen molar-refractivity contribution in [3.8, 4) is 0 Å². The molecule has 2 aliphatic rings. The second-order valence-corrected chi connectivity index (χ2v) is 7.41. The molecule has 0 atom stereocenters. The third kappa shape index (κ3) is 3.97. The number of nitrogens with one attached hydrogen (secondary N) is 1. The SMILES string of the molecule is CN1CCC2(CCC1=O)CCN(C(=O)CCCc1cn[nH]c1)CC2. The lowest BCUT2D eigenvalue weighted by Crippen LogP contribution is -2.43. The average Bonchev–Trinajstić information content (AvgIpc) is 3.07. The molecule has 1 spiro atoms. The van der Waals surface area contributed by atoms with Gasteiger partial charge in [-0.05, 0) is 49.5 Å². The number of likely N-dealkylation sites (tertiary alicyclic amines) is 2. The monoisotopic (exact) mass is 332 g/mol. The maximum absolute atomic E-state index is 12.4. The van der Waals surface area contributed by atoms with E-state index < -0.39 is 0 Å². The minimum atomic E-state index is 0.268. The fourth-order valence-corrected chi connectivity index (χ4v) is 3.96. The van der Waals surface area contributed by atoms with E-state index in [0.717, 1.165) is 63.7 Å². The van der Waals surface area contributed by atoms with E-state index in [9.17, 15) is 9.59 Å². The first-order valence-electron chi connectivity index (χ1n) is 9.07. The molecular formula is C18H28N4O2. The predicted molar refractivity (Wildman–Crippen MR) is 91.3 cm³/mol. The van der Waals surface area contributed by atoms with Gasteiger partial charge in [0.05, 0.1) is 6.20 Å². The highest BCUT2D eigenvalue weighted by molar-refractivity contribution is 5.77. The summed E-state index contributed by atoms with van der Waals surface area (Å²) in [7, 11) is 1.90. The number of aromatic nitrogens is 2. The molecule has 1 aromatic heterocycles. The van der Waals surface area contributed by atoms with Crippen molar-refractivity contribution in [3.05, 3.63) is 18.0 Å². The molecule has 3 rings (SSSR count). The Balaban J connectivity index is 1.44. The van der Waals surface area contributed by atoms with Crippen LogP contribution in [-0.2, 0) is 16.0 Å². The van der Waals surface area contributed by atoms with Crippen LogP contribution in [0.15, 0.2) is 12.4 Å². The van der Waals surface area contributed by atoms with E-state index in [4.69, 9.17) is 0 Å². The Morgan fingerprint density at radius 3 is 2.71 bits per heavy atom. The summed E-state index contributed by atoms with van der Waals surface area (Å²) in [6.45, 7) is 2.56. The van der Waals surface area contributed by atoms with Gasteiger partial charge >= 0.3 is 0 Å². The molecular weight excluding hydrogens is 304 g/mol. The van der Waals surface area contributed by atoms with Crippen molar-refractivity contribution < 1.29 is 9.59 Å². The standard InChI is InChI=1S/C18H28N4O2/c1-21-10-7-18(6-5-16(21)23)8-11-22(12-9-18)17(24)4-2-3-15-13-19-20-14-15/h13-14H,2-12H2,1H3,(H,19,20). The second-order valence-electron chi connectivity index (χ2n) is 7.41. The zero-order valence-electron chi connectivity index (χ0n) is 14.6. The quantitative estimate of drug-likeness (QED) is 0.916. The summed E-state index contributed by atoms with van der Waals surface area (Å²) in [6.07, 6.45) is 10.9. The van der Waals surface area contributed by atoms with E-state index in [1.807, 2.05) is 29.2 Å². The summed E-state index contributed by atoms with van der Waals surface area (Å²) >= 11 is 0. The zero-order valence-corrected chi connectivity index (χ0v) is 14.6. The van der Waals surface area contributed by atoms with Gasteiger partial charge in [0, 0.05) is 45.7 Å². The first kappa shape index (κ1) is 17.0. The minimum Gasteiger partial charge on any atom is -0.346 e. The fourth-order valence-electron chi connectivity index (χ4n) is 3.96. The van der Waals surface area contributed by atoms with E-state index >= 15 is 0 Å². The number of aryl methyl sites for hydroxylation is 1. The molecule has 1 N–H and O–H groups in total. The minimum absolute atomic E-state index is 0.268. The van der Waals surface area contributed by atoms with Crippen molar-refractivity contribution in [2.24, 2.45) is 5.41 Å². The lowest BCUT2D eigenvalue weighted by Gasteiger charge is -2.41. The number of amides is 2. The van der Waals surface area contributed by atoms with E-state index in [0.29, 0.717) is 12.8 Å². The molecule has 6 heteroatoms. The molecule has 2 aliphatic heterocycles. The molecule has 1 aromatic rings. The van der Waals surface area contributed by atoms with Gasteiger partial charge in [-0.25, -0.2) is 0 Å². The van der Waals surface area contributed by atoms with Crippen LogP contribution in [0.1, 0.15) is 50.5 Å². The number of hydrogen-bond acceptors (Lipinski definition) is 3. The molecule has 0 bridgehead atoms. The molecule has 6 nitrogen and oxygen atoms in total. The summed E-state index contributed by atoms with van der Waals surface area (Å²) in [6, 6.07) is 0. The van der Waals surface area contributed by atoms with Crippen LogP contribution in [0.25, 0.3) is 0 Å². The molecule has 2 amide bonds. The number of carbonyl (C=O) groups excluding carboxylic acids is 2. The molecule has 0 saturated carbocycles. The van der Waals surface area contributed by atoms with Crippen molar-refractivity contribution in [2.45, 2.75) is 51.4 Å². The molecule has 2 saturated heterocycles. The number of aromatic amines is 1. The van der Waals surface area contributed by atoms with Crippen LogP contribution in [-0.4, -0.2) is 58.5 Å². The van der Waals surface area contributed by atoms with Gasteiger partial charge < -0.3 is 9.80 Å². The number of carbonyl (C=O) groups is 2. The van der Waals surface area contributed by atoms with Gasteiger partial charge in [-0.3, -0.25) is 14.7 Å². The largest absolute Gasteiger partial charge is 0.346 e. The highest BCUT2D eigenvalue weighted by atomic mass is 16.2. The summed E-state index contributed by atoms with van der Waals surface area (Å²) in [4.78, 5) is 28.2. The van der Waals surface area contributed by atoms with Crippen LogP contribution in [0.4, 0.5) is 0 Å². The fraction of sp³-hybridized carbons (Fsp3) is 0.722. The second kappa shape index (κ2) is 7.36. The first-order valence-corrected chi connectivity index (χ1v) is 9.07. The Hall–Kier alpha value is -1.85. The average molecular weight is 332 g/mol. The van der Waals surface area contributed by atoms with Gasteiger partial charge in [-0.1, -0.05) is 0 Å². The van der Waals surface area contributed by atoms with Crippen molar-refractivity contribution in [2.75, 3.05) is 26.7 Å². The molecule has 0 radical (unpaired) electrons. The van der Waals surface area contributed by atoms with Crippen molar-refractivity contribution in [1.29, 1.82) is 0 Å². The van der Waals surface area contributed by atoms with Crippen molar-refractivity contribution in [1.82, 2.24) is 20.0 Å². The first-order chi connectivity index (χ1) is 11.6. The lowest BCUT2D eigenvalue weighted by atomic mass is 9.73. The summed E-state index contributed by atoms with van der Waals surface area (Å²) in [5, 5.41) is 6.73. The van der Waals surface area contributed by atoms with Crippen LogP contribution in [0.2, 0.25) is 0 Å². The van der Waals surface area contributed by atoms with Crippen LogP contribution in [0.3, 0.4) is 0 Å². The Morgan fingerprint density at radius 2 is 2.00 bits per heavy atom. The third-order valence-corrected chi connectivity index (χ3v) is 5.86. The summed E-state index contributed by atoms with van der Waals surface area (Å²) < 4.78 is 0. The van der Waals surface area contributed by atoms with E-state index in [2.05, 4.69) is 10.2 Å². The van der Waals surface area contributed by atoms with Crippen LogP contribution >= 0.6 is 0 Å². The van der Waals surface area contributed by atoms with Gasteiger partial charge in [-0.2, -0.15) is 5.10 Å². The van der Waals surface area contributed by atoms with Crippen molar-refractivity contribution >= 4 is 11.8 Å². The molecule has 24 heavy (non-hydrogen) atoms. The van der Waals surface area contributed by atoms with Crippen LogP contribution in [0.5, 0.6) is 0 Å². The maximum Gasteiger partial charge on any atom is 0.222 e. The topological polar surface area (TPSA) is 69.3 Å². The lowest BCUT2D eigenvalue weighted by molar-refractivity contribution is -0.134. The normalized spacial score (nSPS) is 21.1. The Kier molecular flexibility index (Phi) is 5.21. The highest BCUT2D eigenvalue weighted by Gasteiger charge is 2.38. The van der Waals surface area contributed by atoms with Crippen molar-refractivity contribution in [3.63, 3.8) is 0 Å². The molecule has 3 heterocycles. The van der Waals surface area contributed by atoms with Gasteiger partial charge in [0.25, 0.3) is 0 Å². The molecule has 2 fully saturated rings. The third-order valence-electron chi connectivity index (χ3n) is 5.86. The zero-order chi connectivity index (χ0) is 17.0. The predicted octanol–water partition coefficient (Wildman–Crippen LogP) is 1.98. The van der Waals surface area contributed by atoms with Gasteiger partial charge in [-0.15, -0.1) is 0 Å². The van der Waals surface area contributed by atoms with Gasteiger partial charge in [0.2, 0.25) is 11.8 Å². The molecule has 0 aliphatic carbocycles. The Labute approximate surface area is 143 Å². The molecule has 0 aromatic carbocycles. The number of H-pyrrole nitrogens is 1.